The van der Waals surface area contributed by atoms with Gasteiger partial charge in [0.25, 0.3) is 5.69 Å². The van der Waals surface area contributed by atoms with Gasteiger partial charge in [0.15, 0.2) is 5.65 Å². The summed E-state index contributed by atoms with van der Waals surface area (Å²) < 4.78 is 12.8. The molecule has 1 amide bonds. The molecule has 3 aromatic rings. The first-order valence-corrected chi connectivity index (χ1v) is 13.1. The van der Waals surface area contributed by atoms with Crippen LogP contribution in [0.2, 0.25) is 5.15 Å². The van der Waals surface area contributed by atoms with Gasteiger partial charge in [-0.25, -0.2) is 19.3 Å². The molecule has 13 heteroatoms. The van der Waals surface area contributed by atoms with Gasteiger partial charge in [0, 0.05) is 35.8 Å². The summed E-state index contributed by atoms with van der Waals surface area (Å²) in [5, 5.41) is 14.8. The maximum atomic E-state index is 13.0. The Bertz CT molecular complexity index is 1300. The Labute approximate surface area is 216 Å². The molecular weight excluding hydrogens is 508 g/mol. The smallest absolute Gasteiger partial charge is 0.328 e. The second kappa shape index (κ2) is 10.6. The van der Waals surface area contributed by atoms with Gasteiger partial charge in [-0.15, -0.1) is 11.8 Å². The number of nitro benzene ring substituents is 1. The predicted molar refractivity (Wildman–Crippen MR) is 136 cm³/mol. The van der Waals surface area contributed by atoms with E-state index in [9.17, 15) is 14.9 Å². The number of nitrogens with one attached hydrogen (secondary N) is 1. The number of halogens is 1. The Morgan fingerprint density at radius 3 is 2.81 bits per heavy atom. The SMILES string of the molecule is CSc1cc(Cl)nc2c1ncn2C(=O)N[C@@H]1CC[C@H]1OCc1cc(N2CCOCC2)cc([N+](=O)[O-])c1. The fourth-order valence-electron chi connectivity index (χ4n) is 4.35. The zero-order chi connectivity index (χ0) is 25.2. The highest BCUT2D eigenvalue weighted by Crippen LogP contribution is 2.30. The number of anilines is 1. The first-order chi connectivity index (χ1) is 17.4. The molecule has 2 atom stereocenters. The molecule has 36 heavy (non-hydrogen) atoms. The lowest BCUT2D eigenvalue weighted by atomic mass is 9.89. The molecule has 3 heterocycles. The molecule has 1 aliphatic carbocycles. The Morgan fingerprint density at radius 2 is 2.11 bits per heavy atom. The van der Waals surface area contributed by atoms with Crippen molar-refractivity contribution >= 4 is 51.9 Å². The van der Waals surface area contributed by atoms with Crippen LogP contribution in [0.3, 0.4) is 0 Å². The van der Waals surface area contributed by atoms with Gasteiger partial charge in [-0.3, -0.25) is 10.1 Å². The number of aromatic nitrogens is 3. The second-order valence-electron chi connectivity index (χ2n) is 8.63. The van der Waals surface area contributed by atoms with Gasteiger partial charge in [-0.1, -0.05) is 11.6 Å². The quantitative estimate of drug-likeness (QED) is 0.209. The molecule has 2 aliphatic rings. The third-order valence-electron chi connectivity index (χ3n) is 6.41. The number of benzene rings is 1. The summed E-state index contributed by atoms with van der Waals surface area (Å²) in [5.74, 6) is 0. The molecule has 0 radical (unpaired) electrons. The number of imidazole rings is 1. The van der Waals surface area contributed by atoms with Gasteiger partial charge in [0.1, 0.15) is 17.0 Å². The van der Waals surface area contributed by atoms with Crippen LogP contribution < -0.4 is 10.2 Å². The van der Waals surface area contributed by atoms with Gasteiger partial charge in [0.05, 0.1) is 36.9 Å². The Kier molecular flexibility index (Phi) is 7.28. The first-order valence-electron chi connectivity index (χ1n) is 11.5. The summed E-state index contributed by atoms with van der Waals surface area (Å²) in [6.45, 7) is 2.74. The van der Waals surface area contributed by atoms with Crippen molar-refractivity contribution in [1.82, 2.24) is 19.9 Å². The number of morpholine rings is 1. The lowest BCUT2D eigenvalue weighted by Gasteiger charge is -2.36. The monoisotopic (exact) mass is 532 g/mol. The molecule has 2 fully saturated rings. The topological polar surface area (TPSA) is 125 Å². The van der Waals surface area contributed by atoms with Crippen molar-refractivity contribution in [1.29, 1.82) is 0 Å². The molecule has 0 bridgehead atoms. The van der Waals surface area contributed by atoms with Crippen LogP contribution in [0.25, 0.3) is 11.2 Å². The normalized spacial score (nSPS) is 19.8. The molecule has 5 rings (SSSR count). The number of carbonyl (C=O) groups excluding carboxylic acids is 1. The van der Waals surface area contributed by atoms with E-state index in [2.05, 4.69) is 20.2 Å². The maximum absolute atomic E-state index is 13.0. The number of thioether (sulfide) groups is 1. The van der Waals surface area contributed by atoms with E-state index in [1.54, 1.807) is 12.1 Å². The maximum Gasteiger partial charge on any atom is 0.328 e. The molecule has 1 aromatic carbocycles. The van der Waals surface area contributed by atoms with Crippen molar-refractivity contribution in [2.45, 2.75) is 36.5 Å². The van der Waals surface area contributed by atoms with Crippen molar-refractivity contribution in [3.8, 4) is 0 Å². The Balaban J connectivity index is 1.25. The van der Waals surface area contributed by atoms with E-state index in [4.69, 9.17) is 21.1 Å². The average molecular weight is 533 g/mol. The van der Waals surface area contributed by atoms with Crippen molar-refractivity contribution in [2.24, 2.45) is 0 Å². The van der Waals surface area contributed by atoms with Crippen molar-refractivity contribution < 1.29 is 19.2 Å². The lowest BCUT2D eigenvalue weighted by Crippen LogP contribution is -2.52. The summed E-state index contributed by atoms with van der Waals surface area (Å²) >= 11 is 7.61. The van der Waals surface area contributed by atoms with E-state index >= 15 is 0 Å². The van der Waals surface area contributed by atoms with Crippen molar-refractivity contribution in [3.05, 3.63) is 51.4 Å². The fraction of sp³-hybridized carbons (Fsp3) is 0.435. The largest absolute Gasteiger partial charge is 0.378 e. The third-order valence-corrected chi connectivity index (χ3v) is 7.36. The van der Waals surface area contributed by atoms with Crippen LogP contribution >= 0.6 is 23.4 Å². The highest BCUT2D eigenvalue weighted by atomic mass is 35.5. The summed E-state index contributed by atoms with van der Waals surface area (Å²) in [7, 11) is 0. The van der Waals surface area contributed by atoms with E-state index in [0.29, 0.717) is 48.2 Å². The fourth-order valence-corrected chi connectivity index (χ4v) is 5.17. The number of ether oxygens (including phenoxy) is 2. The molecule has 11 nitrogen and oxygen atoms in total. The molecule has 2 aromatic heterocycles. The van der Waals surface area contributed by atoms with Gasteiger partial charge in [-0.2, -0.15) is 0 Å². The van der Waals surface area contributed by atoms with Crippen LogP contribution in [0, 0.1) is 10.1 Å². The van der Waals surface area contributed by atoms with Gasteiger partial charge >= 0.3 is 6.03 Å². The minimum atomic E-state index is -0.391. The van der Waals surface area contributed by atoms with Crippen LogP contribution in [-0.4, -0.2) is 70.2 Å². The predicted octanol–water partition coefficient (Wildman–Crippen LogP) is 3.86. The highest BCUT2D eigenvalue weighted by Gasteiger charge is 2.34. The average Bonchev–Trinajstić information content (AvgIpc) is 3.30. The van der Waals surface area contributed by atoms with Gasteiger partial charge < -0.3 is 19.7 Å². The molecule has 190 valence electrons. The second-order valence-corrected chi connectivity index (χ2v) is 9.87. The van der Waals surface area contributed by atoms with Crippen LogP contribution in [0.4, 0.5) is 16.2 Å². The summed E-state index contributed by atoms with van der Waals surface area (Å²) in [6, 6.07) is 6.21. The third kappa shape index (κ3) is 5.12. The first kappa shape index (κ1) is 24.8. The van der Waals surface area contributed by atoms with E-state index in [-0.39, 0.29) is 30.5 Å². The zero-order valence-corrected chi connectivity index (χ0v) is 21.1. The summed E-state index contributed by atoms with van der Waals surface area (Å²) in [4.78, 5) is 35.6. The number of non-ortho nitro benzene ring substituents is 1. The number of hydrogen-bond acceptors (Lipinski definition) is 9. The molecule has 1 aliphatic heterocycles. The highest BCUT2D eigenvalue weighted by molar-refractivity contribution is 7.98. The number of carbonyl (C=O) groups is 1. The van der Waals surface area contributed by atoms with E-state index in [1.165, 1.54) is 28.7 Å². The molecule has 0 spiro atoms. The summed E-state index contributed by atoms with van der Waals surface area (Å²) in [6.07, 6.45) is 4.69. The lowest BCUT2D eigenvalue weighted by molar-refractivity contribution is -0.384. The minimum absolute atomic E-state index is 0.0267. The molecule has 1 saturated heterocycles. The number of nitrogens with zero attached hydrogens (tertiary/aromatic N) is 5. The van der Waals surface area contributed by atoms with Crippen LogP contribution in [0.15, 0.2) is 35.5 Å². The molecular formula is C23H25ClN6O5S. The summed E-state index contributed by atoms with van der Waals surface area (Å²) in [5.41, 5.74) is 2.54. The van der Waals surface area contributed by atoms with Crippen molar-refractivity contribution in [2.75, 3.05) is 37.5 Å². The van der Waals surface area contributed by atoms with Crippen LogP contribution in [0.5, 0.6) is 0 Å². The van der Waals surface area contributed by atoms with Crippen LogP contribution in [-0.2, 0) is 16.1 Å². The number of fused-ring (bicyclic) bond motifs is 1. The standard InChI is InChI=1S/C23H25ClN6O5S/c1-36-19-11-20(24)27-22-21(19)25-13-29(22)23(31)26-17-2-3-18(17)35-12-14-8-15(10-16(9-14)30(32)33)28-4-6-34-7-5-28/h8-11,13,17-18H,2-7,12H2,1H3,(H,26,31)/t17-,18-/m1/s1. The van der Waals surface area contributed by atoms with Gasteiger partial charge in [0.2, 0.25) is 0 Å². The number of hydrogen-bond donors (Lipinski definition) is 1. The van der Waals surface area contributed by atoms with Gasteiger partial charge in [-0.05, 0) is 36.8 Å². The Hall–Kier alpha value is -2.93. The van der Waals surface area contributed by atoms with E-state index < -0.39 is 4.92 Å². The number of rotatable bonds is 7. The minimum Gasteiger partial charge on any atom is -0.378 e. The van der Waals surface area contributed by atoms with E-state index in [0.717, 1.165) is 23.4 Å². The number of amides is 1. The number of nitro groups is 1. The van der Waals surface area contributed by atoms with Crippen molar-refractivity contribution in [3.63, 3.8) is 0 Å². The number of pyridine rings is 1. The molecule has 1 N–H and O–H groups in total. The Morgan fingerprint density at radius 1 is 1.31 bits per heavy atom. The van der Waals surface area contributed by atoms with Crippen LogP contribution in [0.1, 0.15) is 18.4 Å². The molecule has 0 unspecified atom stereocenters. The molecule has 1 saturated carbocycles. The van der Waals surface area contributed by atoms with E-state index in [1.807, 2.05) is 12.3 Å². The zero-order valence-electron chi connectivity index (χ0n) is 19.6.